The molecule has 3 aromatic rings. The van der Waals surface area contributed by atoms with Crippen molar-refractivity contribution in [2.75, 3.05) is 7.11 Å². The molecule has 0 unspecified atom stereocenters. The molecule has 122 valence electrons. The van der Waals surface area contributed by atoms with Gasteiger partial charge in [0.2, 0.25) is 0 Å². The van der Waals surface area contributed by atoms with Crippen molar-refractivity contribution in [3.8, 4) is 0 Å². The van der Waals surface area contributed by atoms with E-state index in [0.29, 0.717) is 0 Å². The monoisotopic (exact) mass is 337 g/mol. The van der Waals surface area contributed by atoms with Crippen molar-refractivity contribution < 1.29 is 4.74 Å². The van der Waals surface area contributed by atoms with E-state index in [2.05, 4.69) is 48.9 Å². The quantitative estimate of drug-likeness (QED) is 0.705. The third-order valence-corrected chi connectivity index (χ3v) is 5.15. The first-order chi connectivity index (χ1) is 11.5. The molecule has 4 heterocycles. The Morgan fingerprint density at radius 2 is 1.96 bits per heavy atom. The van der Waals surface area contributed by atoms with E-state index in [1.807, 2.05) is 12.2 Å². The van der Waals surface area contributed by atoms with E-state index in [-0.39, 0.29) is 0 Å². The van der Waals surface area contributed by atoms with Gasteiger partial charge in [-0.1, -0.05) is 0 Å². The number of nitrogens with one attached hydrogen (secondary N) is 2. The number of rotatable bonds is 3. The van der Waals surface area contributed by atoms with Crippen LogP contribution in [0.25, 0.3) is 16.3 Å². The summed E-state index contributed by atoms with van der Waals surface area (Å²) in [5.74, 6) is 0.783. The van der Waals surface area contributed by atoms with Crippen LogP contribution in [0.5, 0.6) is 0 Å². The highest BCUT2D eigenvalue weighted by Crippen LogP contribution is 2.29. The number of methoxy groups -OCH3 is 1. The summed E-state index contributed by atoms with van der Waals surface area (Å²) in [6.45, 7) is 6.27. The molecule has 0 spiro atoms. The van der Waals surface area contributed by atoms with Gasteiger partial charge in [0.15, 0.2) is 0 Å². The summed E-state index contributed by atoms with van der Waals surface area (Å²) in [6.07, 6.45) is 4.03. The predicted octanol–water partition coefficient (Wildman–Crippen LogP) is 4.86. The Bertz CT molecular complexity index is 995. The number of aliphatic imine (C=N–C) groups is 1. The Labute approximate surface area is 144 Å². The summed E-state index contributed by atoms with van der Waals surface area (Å²) in [7, 11) is 1.68. The van der Waals surface area contributed by atoms with E-state index in [4.69, 9.17) is 9.73 Å². The molecule has 4 rings (SSSR count). The Morgan fingerprint density at radius 1 is 1.12 bits per heavy atom. The Kier molecular flexibility index (Phi) is 3.46. The van der Waals surface area contributed by atoms with E-state index in [1.165, 1.54) is 15.1 Å². The number of hydrogen-bond acceptors (Lipinski definition) is 3. The van der Waals surface area contributed by atoms with Crippen molar-refractivity contribution >= 4 is 33.3 Å². The minimum Gasteiger partial charge on any atom is -0.494 e. The maximum atomic E-state index is 5.52. The zero-order chi connectivity index (χ0) is 16.8. The minimum absolute atomic E-state index is 0.783. The summed E-state index contributed by atoms with van der Waals surface area (Å²) in [5.41, 5.74) is 7.34. The molecule has 24 heavy (non-hydrogen) atoms. The highest BCUT2D eigenvalue weighted by Gasteiger charge is 2.19. The van der Waals surface area contributed by atoms with Crippen LogP contribution in [0.4, 0.5) is 0 Å². The van der Waals surface area contributed by atoms with Crippen molar-refractivity contribution in [1.82, 2.24) is 9.97 Å². The largest absolute Gasteiger partial charge is 0.494 e. The van der Waals surface area contributed by atoms with Gasteiger partial charge >= 0.3 is 0 Å². The molecule has 0 fully saturated rings. The van der Waals surface area contributed by atoms with Gasteiger partial charge in [0, 0.05) is 22.3 Å². The molecule has 2 N–H and O–H groups in total. The zero-order valence-electron chi connectivity index (χ0n) is 14.2. The number of ether oxygens (including phenoxy) is 1. The Balaban J connectivity index is 1.75. The second-order valence-electron chi connectivity index (χ2n) is 6.11. The fourth-order valence-corrected chi connectivity index (χ4v) is 3.96. The lowest BCUT2D eigenvalue weighted by Crippen LogP contribution is -1.93. The molecule has 0 radical (unpaired) electrons. The fourth-order valence-electron chi connectivity index (χ4n) is 3.04. The van der Waals surface area contributed by atoms with Gasteiger partial charge in [-0.15, -0.1) is 11.3 Å². The van der Waals surface area contributed by atoms with Crippen molar-refractivity contribution in [1.29, 1.82) is 0 Å². The lowest BCUT2D eigenvalue weighted by molar-refractivity contribution is 0.303. The normalized spacial score (nSPS) is 16.1. The van der Waals surface area contributed by atoms with Gasteiger partial charge in [-0.05, 0) is 50.6 Å². The summed E-state index contributed by atoms with van der Waals surface area (Å²) in [6, 6.07) is 6.45. The first-order valence-electron chi connectivity index (χ1n) is 7.85. The van der Waals surface area contributed by atoms with Crippen LogP contribution in [0.1, 0.15) is 27.5 Å². The topological polar surface area (TPSA) is 53.2 Å². The van der Waals surface area contributed by atoms with E-state index in [0.717, 1.165) is 39.8 Å². The predicted molar refractivity (Wildman–Crippen MR) is 101 cm³/mol. The summed E-state index contributed by atoms with van der Waals surface area (Å²) in [5, 5.41) is 0. The molecule has 1 aliphatic heterocycles. The van der Waals surface area contributed by atoms with Crippen LogP contribution < -0.4 is 0 Å². The molecule has 0 aromatic carbocycles. The van der Waals surface area contributed by atoms with E-state index >= 15 is 0 Å². The van der Waals surface area contributed by atoms with Gasteiger partial charge < -0.3 is 14.7 Å². The first-order valence-corrected chi connectivity index (χ1v) is 8.67. The van der Waals surface area contributed by atoms with Crippen molar-refractivity contribution in [2.45, 2.75) is 20.8 Å². The molecular weight excluding hydrogens is 318 g/mol. The number of thiophene rings is 1. The maximum absolute atomic E-state index is 5.52. The van der Waals surface area contributed by atoms with Crippen molar-refractivity contribution in [3.05, 3.63) is 63.3 Å². The minimum atomic E-state index is 0.783. The number of fused-ring (bicyclic) bond motifs is 1. The van der Waals surface area contributed by atoms with Gasteiger partial charge in [0.05, 0.1) is 28.7 Å². The van der Waals surface area contributed by atoms with E-state index < -0.39 is 0 Å². The molecule has 0 saturated carbocycles. The summed E-state index contributed by atoms with van der Waals surface area (Å²) < 4.78 is 6.78. The lowest BCUT2D eigenvalue weighted by Gasteiger charge is -2.01. The Hall–Kier alpha value is -2.53. The number of H-pyrrole nitrogens is 2. The lowest BCUT2D eigenvalue weighted by atomic mass is 10.2. The third-order valence-electron chi connectivity index (χ3n) is 4.16. The van der Waals surface area contributed by atoms with Crippen molar-refractivity contribution in [3.63, 3.8) is 0 Å². The van der Waals surface area contributed by atoms with Crippen LogP contribution >= 0.6 is 11.3 Å². The fraction of sp³-hybridized carbons (Fsp3) is 0.211. The maximum Gasteiger partial charge on any atom is 0.146 e. The molecule has 0 atom stereocenters. The molecule has 4 nitrogen and oxygen atoms in total. The average molecular weight is 337 g/mol. The van der Waals surface area contributed by atoms with Gasteiger partial charge in [0.1, 0.15) is 11.5 Å². The molecule has 0 saturated heterocycles. The first kappa shape index (κ1) is 15.0. The standard InChI is InChI=1S/C19H19N3OS/c1-10-5-11(2)20-13(10)7-16-18(23-4)8-14(21-16)15-9-19-17(22-15)6-12(3)24-19/h5-9,20,22H,1-4H3/b16-7-. The molecule has 0 amide bonds. The van der Waals surface area contributed by atoms with Crippen LogP contribution in [0, 0.1) is 20.8 Å². The van der Waals surface area contributed by atoms with Crippen molar-refractivity contribution in [2.24, 2.45) is 4.99 Å². The number of aryl methyl sites for hydroxylation is 3. The second-order valence-corrected chi connectivity index (χ2v) is 7.39. The summed E-state index contributed by atoms with van der Waals surface area (Å²) >= 11 is 1.79. The van der Waals surface area contributed by atoms with E-state index in [1.54, 1.807) is 18.4 Å². The number of aromatic amines is 2. The zero-order valence-corrected chi connectivity index (χ0v) is 15.0. The average Bonchev–Trinajstić information content (AvgIpc) is 3.23. The van der Waals surface area contributed by atoms with Crippen LogP contribution in [0.15, 0.2) is 40.7 Å². The number of nitrogens with zero attached hydrogens (tertiary/aromatic N) is 1. The van der Waals surface area contributed by atoms with Crippen LogP contribution in [0.2, 0.25) is 0 Å². The highest BCUT2D eigenvalue weighted by molar-refractivity contribution is 7.19. The molecule has 5 heteroatoms. The van der Waals surface area contributed by atoms with Crippen LogP contribution in [-0.2, 0) is 4.74 Å². The van der Waals surface area contributed by atoms with Crippen LogP contribution in [-0.4, -0.2) is 22.8 Å². The molecule has 3 aromatic heterocycles. The molecule has 0 aliphatic carbocycles. The van der Waals surface area contributed by atoms with Crippen LogP contribution in [0.3, 0.4) is 0 Å². The molecular formula is C19H19N3OS. The smallest absolute Gasteiger partial charge is 0.146 e. The summed E-state index contributed by atoms with van der Waals surface area (Å²) in [4.78, 5) is 12.9. The van der Waals surface area contributed by atoms with Gasteiger partial charge in [0.25, 0.3) is 0 Å². The SMILES string of the molecule is COC1=CC(c2cc3sc(C)cc3[nH]2)=N/C1=C\c1[nH]c(C)cc1C. The molecule has 0 bridgehead atoms. The molecule has 1 aliphatic rings. The highest BCUT2D eigenvalue weighted by atomic mass is 32.1. The number of allylic oxidation sites excluding steroid dienone is 1. The Morgan fingerprint density at radius 3 is 2.62 bits per heavy atom. The third kappa shape index (κ3) is 2.51. The van der Waals surface area contributed by atoms with Gasteiger partial charge in [-0.3, -0.25) is 0 Å². The van der Waals surface area contributed by atoms with E-state index in [9.17, 15) is 0 Å². The number of aromatic nitrogens is 2. The van der Waals surface area contributed by atoms with Gasteiger partial charge in [-0.2, -0.15) is 0 Å². The number of hydrogen-bond donors (Lipinski definition) is 2. The van der Waals surface area contributed by atoms with Gasteiger partial charge in [-0.25, -0.2) is 4.99 Å². The second kappa shape index (κ2) is 5.53.